The van der Waals surface area contributed by atoms with Crippen LogP contribution in [0.2, 0.25) is 0 Å². The van der Waals surface area contributed by atoms with Gasteiger partial charge in [0.15, 0.2) is 0 Å². The second-order valence-electron chi connectivity index (χ2n) is 8.35. The number of rotatable bonds is 2. The van der Waals surface area contributed by atoms with Crippen LogP contribution < -0.4 is 0 Å². The molecule has 2 heteroatoms. The Morgan fingerprint density at radius 2 is 1.12 bits per heavy atom. The number of para-hydroxylation sites is 2. The van der Waals surface area contributed by atoms with Crippen molar-refractivity contribution in [2.45, 2.75) is 0 Å². The number of fused-ring (bicyclic) bond motifs is 6. The van der Waals surface area contributed by atoms with Gasteiger partial charge in [0, 0.05) is 38.3 Å². The highest BCUT2D eigenvalue weighted by Gasteiger charge is 2.13. The van der Waals surface area contributed by atoms with Crippen molar-refractivity contribution < 1.29 is 0 Å². The molecule has 0 aliphatic carbocycles. The van der Waals surface area contributed by atoms with Crippen molar-refractivity contribution >= 4 is 43.6 Å². The van der Waals surface area contributed by atoms with E-state index in [2.05, 4.69) is 125 Å². The fourth-order valence-electron chi connectivity index (χ4n) is 5.04. The molecule has 2 nitrogen and oxygen atoms in total. The lowest BCUT2D eigenvalue weighted by molar-refractivity contribution is 1.19. The minimum Gasteiger partial charge on any atom is -0.354 e. The van der Waals surface area contributed by atoms with Gasteiger partial charge in [-0.1, -0.05) is 78.9 Å². The van der Waals surface area contributed by atoms with Crippen molar-refractivity contribution in [3.8, 4) is 16.8 Å². The summed E-state index contributed by atoms with van der Waals surface area (Å²) in [5.41, 5.74) is 8.45. The maximum Gasteiger partial charge on any atom is 0.0541 e. The van der Waals surface area contributed by atoms with Gasteiger partial charge in [-0.05, 0) is 47.5 Å². The highest BCUT2D eigenvalue weighted by molar-refractivity contribution is 6.11. The molecule has 150 valence electrons. The van der Waals surface area contributed by atoms with E-state index < -0.39 is 0 Å². The van der Waals surface area contributed by atoms with Gasteiger partial charge >= 0.3 is 0 Å². The van der Waals surface area contributed by atoms with Crippen LogP contribution in [0.25, 0.3) is 60.4 Å². The summed E-state index contributed by atoms with van der Waals surface area (Å²) >= 11 is 0. The van der Waals surface area contributed by atoms with E-state index in [1.165, 1.54) is 54.9 Å². The molecule has 2 heterocycles. The quantitative estimate of drug-likeness (QED) is 0.298. The summed E-state index contributed by atoms with van der Waals surface area (Å²) in [5, 5.41) is 5.07. The zero-order valence-electron chi connectivity index (χ0n) is 17.4. The van der Waals surface area contributed by atoms with Gasteiger partial charge in [0.2, 0.25) is 0 Å². The predicted molar refractivity (Wildman–Crippen MR) is 136 cm³/mol. The second-order valence-corrected chi connectivity index (χ2v) is 8.35. The van der Waals surface area contributed by atoms with Gasteiger partial charge in [0.1, 0.15) is 0 Å². The van der Waals surface area contributed by atoms with Gasteiger partial charge in [0.25, 0.3) is 0 Å². The minimum atomic E-state index is 1.16. The zero-order chi connectivity index (χ0) is 21.1. The second kappa shape index (κ2) is 6.60. The van der Waals surface area contributed by atoms with Crippen LogP contribution in [0.15, 0.2) is 115 Å². The Balaban J connectivity index is 1.48. The summed E-state index contributed by atoms with van der Waals surface area (Å²) in [6.45, 7) is 0. The van der Waals surface area contributed by atoms with Crippen molar-refractivity contribution in [3.63, 3.8) is 0 Å². The van der Waals surface area contributed by atoms with Crippen LogP contribution in [-0.2, 0) is 0 Å². The Morgan fingerprint density at radius 3 is 1.88 bits per heavy atom. The number of benzene rings is 5. The Hall–Kier alpha value is -4.30. The van der Waals surface area contributed by atoms with Crippen molar-refractivity contribution in [2.24, 2.45) is 0 Å². The molecule has 0 bridgehead atoms. The van der Waals surface area contributed by atoms with Crippen molar-refractivity contribution in [2.75, 3.05) is 0 Å². The summed E-state index contributed by atoms with van der Waals surface area (Å²) in [6.07, 6.45) is 0. The summed E-state index contributed by atoms with van der Waals surface area (Å²) < 4.78 is 2.38. The van der Waals surface area contributed by atoms with Crippen molar-refractivity contribution in [1.82, 2.24) is 9.55 Å². The number of H-pyrrole nitrogens is 1. The fraction of sp³-hybridized carbons (Fsp3) is 0. The standard InChI is InChI=1S/C30H20N2/c1-2-8-20(9-3-1)21-14-16-23-26-19-22(15-17-27(26)31-28(23)18-21)32-29-12-6-4-10-24(29)25-11-5-7-13-30(25)32/h1-19,31H. The van der Waals surface area contributed by atoms with Gasteiger partial charge in [0.05, 0.1) is 11.0 Å². The molecule has 0 amide bonds. The van der Waals surface area contributed by atoms with E-state index in [-0.39, 0.29) is 0 Å². The Morgan fingerprint density at radius 1 is 0.438 bits per heavy atom. The zero-order valence-corrected chi connectivity index (χ0v) is 17.4. The molecule has 7 rings (SSSR count). The first kappa shape index (κ1) is 17.4. The van der Waals surface area contributed by atoms with E-state index in [0.29, 0.717) is 0 Å². The molecule has 0 saturated carbocycles. The van der Waals surface area contributed by atoms with Gasteiger partial charge in [-0.15, -0.1) is 0 Å². The molecule has 0 aliphatic heterocycles. The number of hydrogen-bond acceptors (Lipinski definition) is 0. The average Bonchev–Trinajstić information content (AvgIpc) is 3.39. The lowest BCUT2D eigenvalue weighted by Crippen LogP contribution is -1.93. The molecule has 2 aromatic heterocycles. The van der Waals surface area contributed by atoms with Crippen LogP contribution >= 0.6 is 0 Å². The van der Waals surface area contributed by atoms with Gasteiger partial charge in [-0.2, -0.15) is 0 Å². The Kier molecular flexibility index (Phi) is 3.58. The first-order chi connectivity index (χ1) is 15.9. The van der Waals surface area contributed by atoms with Crippen molar-refractivity contribution in [1.29, 1.82) is 0 Å². The average molecular weight is 409 g/mol. The van der Waals surface area contributed by atoms with Gasteiger partial charge < -0.3 is 9.55 Å². The molecule has 0 spiro atoms. The van der Waals surface area contributed by atoms with Crippen LogP contribution in [-0.4, -0.2) is 9.55 Å². The largest absolute Gasteiger partial charge is 0.354 e. The summed E-state index contributed by atoms with van der Waals surface area (Å²) in [4.78, 5) is 3.63. The maximum atomic E-state index is 3.63. The molecule has 0 unspecified atom stereocenters. The molecule has 0 saturated heterocycles. The van der Waals surface area contributed by atoms with Gasteiger partial charge in [-0.3, -0.25) is 0 Å². The molecular formula is C30H20N2. The maximum absolute atomic E-state index is 3.63. The Labute approximate surface area is 185 Å². The van der Waals surface area contributed by atoms with Crippen LogP contribution in [0, 0.1) is 0 Å². The molecule has 32 heavy (non-hydrogen) atoms. The first-order valence-corrected chi connectivity index (χ1v) is 11.0. The minimum absolute atomic E-state index is 1.16. The van der Waals surface area contributed by atoms with Crippen LogP contribution in [0.5, 0.6) is 0 Å². The van der Waals surface area contributed by atoms with E-state index in [0.717, 1.165) is 5.52 Å². The molecule has 1 N–H and O–H groups in total. The van der Waals surface area contributed by atoms with E-state index >= 15 is 0 Å². The molecular weight excluding hydrogens is 388 g/mol. The number of nitrogens with zero attached hydrogens (tertiary/aromatic N) is 1. The SMILES string of the molecule is c1ccc(-c2ccc3c(c2)[nH]c2ccc(-n4c5ccccc5c5ccccc54)cc23)cc1. The fourth-order valence-corrected chi connectivity index (χ4v) is 5.04. The lowest BCUT2D eigenvalue weighted by Gasteiger charge is -2.08. The molecule has 0 fully saturated rings. The third-order valence-electron chi connectivity index (χ3n) is 6.53. The monoisotopic (exact) mass is 408 g/mol. The highest BCUT2D eigenvalue weighted by Crippen LogP contribution is 2.35. The number of aromatic amines is 1. The van der Waals surface area contributed by atoms with E-state index in [1.807, 2.05) is 0 Å². The molecule has 0 aliphatic rings. The third-order valence-corrected chi connectivity index (χ3v) is 6.53. The highest BCUT2D eigenvalue weighted by atomic mass is 15.0. The lowest BCUT2D eigenvalue weighted by atomic mass is 10.0. The summed E-state index contributed by atoms with van der Waals surface area (Å²) in [7, 11) is 0. The van der Waals surface area contributed by atoms with Crippen LogP contribution in [0.3, 0.4) is 0 Å². The van der Waals surface area contributed by atoms with E-state index in [9.17, 15) is 0 Å². The number of hydrogen-bond donors (Lipinski definition) is 1. The predicted octanol–water partition coefficient (Wildman–Crippen LogP) is 8.09. The summed E-state index contributed by atoms with van der Waals surface area (Å²) in [5.74, 6) is 0. The van der Waals surface area contributed by atoms with Crippen molar-refractivity contribution in [3.05, 3.63) is 115 Å². The summed E-state index contributed by atoms with van der Waals surface area (Å²) in [6, 6.07) is 41.3. The van der Waals surface area contributed by atoms with Gasteiger partial charge in [-0.25, -0.2) is 0 Å². The molecule has 0 radical (unpaired) electrons. The van der Waals surface area contributed by atoms with Crippen LogP contribution in [0.4, 0.5) is 0 Å². The van der Waals surface area contributed by atoms with Crippen LogP contribution in [0.1, 0.15) is 0 Å². The first-order valence-electron chi connectivity index (χ1n) is 11.0. The third kappa shape index (κ3) is 2.47. The number of nitrogens with one attached hydrogen (secondary N) is 1. The smallest absolute Gasteiger partial charge is 0.0541 e. The van der Waals surface area contributed by atoms with E-state index in [4.69, 9.17) is 0 Å². The molecule has 7 aromatic rings. The normalized spacial score (nSPS) is 11.8. The molecule has 5 aromatic carbocycles. The molecule has 0 atom stereocenters. The number of aromatic nitrogens is 2. The topological polar surface area (TPSA) is 20.7 Å². The Bertz CT molecular complexity index is 1710. The van der Waals surface area contributed by atoms with E-state index in [1.54, 1.807) is 0 Å².